The predicted molar refractivity (Wildman–Crippen MR) is 74.9 cm³/mol. The summed E-state index contributed by atoms with van der Waals surface area (Å²) in [6, 6.07) is 4.80. The third-order valence-electron chi connectivity index (χ3n) is 3.54. The maximum absolute atomic E-state index is 13.9. The summed E-state index contributed by atoms with van der Waals surface area (Å²) >= 11 is 0. The molecule has 1 heterocycles. The fourth-order valence-corrected chi connectivity index (χ4v) is 2.28. The third kappa shape index (κ3) is 3.46. The Morgan fingerprint density at radius 2 is 1.95 bits per heavy atom. The molecule has 0 atom stereocenters. The Morgan fingerprint density at radius 3 is 2.53 bits per heavy atom. The minimum absolute atomic E-state index is 0.198. The highest BCUT2D eigenvalue weighted by atomic mass is 19.1. The zero-order valence-electron chi connectivity index (χ0n) is 11.6. The molecular weight excluding hydrogens is 243 g/mol. The van der Waals surface area contributed by atoms with Gasteiger partial charge in [0.2, 0.25) is 0 Å². The number of carbonyl (C=O) groups excluding carboxylic acids is 1. The highest BCUT2D eigenvalue weighted by Gasteiger charge is 2.17. The lowest BCUT2D eigenvalue weighted by Crippen LogP contribution is -2.38. The van der Waals surface area contributed by atoms with Gasteiger partial charge in [0.05, 0.1) is 5.69 Å². The number of rotatable bonds is 2. The molecule has 1 aliphatic heterocycles. The van der Waals surface area contributed by atoms with Crippen molar-refractivity contribution in [3.8, 4) is 0 Å². The number of hydrogen-bond acceptors (Lipinski definition) is 1. The molecule has 0 radical (unpaired) electrons. The summed E-state index contributed by atoms with van der Waals surface area (Å²) in [6.45, 7) is 5.55. The van der Waals surface area contributed by atoms with Gasteiger partial charge in [-0.25, -0.2) is 9.18 Å². The maximum Gasteiger partial charge on any atom is 0.321 e. The van der Waals surface area contributed by atoms with Gasteiger partial charge in [-0.15, -0.1) is 0 Å². The molecule has 4 heteroatoms. The average molecular weight is 264 g/mol. The van der Waals surface area contributed by atoms with Gasteiger partial charge < -0.3 is 10.2 Å². The Kier molecular flexibility index (Phi) is 4.40. The Balaban J connectivity index is 2.04. The molecule has 0 aliphatic carbocycles. The van der Waals surface area contributed by atoms with Gasteiger partial charge in [0.15, 0.2) is 0 Å². The van der Waals surface area contributed by atoms with Crippen LogP contribution in [0.25, 0.3) is 0 Å². The molecule has 2 amide bonds. The van der Waals surface area contributed by atoms with E-state index in [4.69, 9.17) is 0 Å². The fourth-order valence-electron chi connectivity index (χ4n) is 2.28. The smallest absolute Gasteiger partial charge is 0.321 e. The largest absolute Gasteiger partial charge is 0.325 e. The first-order valence-electron chi connectivity index (χ1n) is 6.93. The molecule has 1 aliphatic rings. The van der Waals surface area contributed by atoms with Crippen molar-refractivity contribution in [1.29, 1.82) is 0 Å². The van der Waals surface area contributed by atoms with Crippen molar-refractivity contribution in [2.24, 2.45) is 0 Å². The van der Waals surface area contributed by atoms with Crippen LogP contribution >= 0.6 is 0 Å². The first-order chi connectivity index (χ1) is 9.08. The summed E-state index contributed by atoms with van der Waals surface area (Å²) in [7, 11) is 0. The second-order valence-corrected chi connectivity index (χ2v) is 5.37. The molecule has 19 heavy (non-hydrogen) atoms. The van der Waals surface area contributed by atoms with E-state index >= 15 is 0 Å². The van der Waals surface area contributed by atoms with Crippen LogP contribution < -0.4 is 5.32 Å². The third-order valence-corrected chi connectivity index (χ3v) is 3.54. The van der Waals surface area contributed by atoms with E-state index in [1.54, 1.807) is 11.0 Å². The zero-order valence-corrected chi connectivity index (χ0v) is 11.6. The van der Waals surface area contributed by atoms with Crippen LogP contribution in [0.1, 0.15) is 44.6 Å². The van der Waals surface area contributed by atoms with Gasteiger partial charge >= 0.3 is 6.03 Å². The van der Waals surface area contributed by atoms with Gasteiger partial charge in [-0.2, -0.15) is 0 Å². The van der Waals surface area contributed by atoms with Gasteiger partial charge in [0.25, 0.3) is 0 Å². The molecule has 104 valence electrons. The Hall–Kier alpha value is -1.58. The normalized spacial score (nSPS) is 15.7. The monoisotopic (exact) mass is 264 g/mol. The molecule has 0 unspecified atom stereocenters. The van der Waals surface area contributed by atoms with Crippen molar-refractivity contribution in [1.82, 2.24) is 4.90 Å². The van der Waals surface area contributed by atoms with Gasteiger partial charge in [0.1, 0.15) is 5.82 Å². The number of nitrogens with zero attached hydrogens (tertiary/aromatic N) is 1. The van der Waals surface area contributed by atoms with Crippen molar-refractivity contribution in [2.45, 2.75) is 39.0 Å². The van der Waals surface area contributed by atoms with E-state index in [1.165, 1.54) is 12.5 Å². The van der Waals surface area contributed by atoms with E-state index in [0.29, 0.717) is 0 Å². The highest BCUT2D eigenvalue weighted by Crippen LogP contribution is 2.21. The Morgan fingerprint density at radius 1 is 1.26 bits per heavy atom. The number of carbonyl (C=O) groups is 1. The summed E-state index contributed by atoms with van der Waals surface area (Å²) in [4.78, 5) is 13.7. The van der Waals surface area contributed by atoms with Crippen molar-refractivity contribution in [2.75, 3.05) is 18.4 Å². The van der Waals surface area contributed by atoms with E-state index in [9.17, 15) is 9.18 Å². The minimum Gasteiger partial charge on any atom is -0.325 e. The predicted octanol–water partition coefficient (Wildman–Crippen LogP) is 3.97. The van der Waals surface area contributed by atoms with E-state index < -0.39 is 0 Å². The van der Waals surface area contributed by atoms with Crippen LogP contribution in [-0.2, 0) is 0 Å². The molecule has 0 spiro atoms. The molecule has 2 rings (SSSR count). The lowest BCUT2D eigenvalue weighted by molar-refractivity contribution is 0.200. The van der Waals surface area contributed by atoms with Crippen molar-refractivity contribution in [3.05, 3.63) is 29.6 Å². The first-order valence-corrected chi connectivity index (χ1v) is 6.93. The number of amides is 2. The fraction of sp³-hybridized carbons (Fsp3) is 0.533. The zero-order chi connectivity index (χ0) is 13.8. The number of urea groups is 1. The minimum atomic E-state index is -0.364. The standard InChI is InChI=1S/C15H21FN2O/c1-11(2)12-6-7-14(13(16)10-12)17-15(19)18-8-4-3-5-9-18/h6-7,10-11H,3-5,8-9H2,1-2H3,(H,17,19). The van der Waals surface area contributed by atoms with Crippen LogP contribution in [-0.4, -0.2) is 24.0 Å². The molecule has 0 bridgehead atoms. The van der Waals surface area contributed by atoms with E-state index in [1.807, 2.05) is 19.9 Å². The molecule has 1 saturated heterocycles. The summed E-state index contributed by atoms with van der Waals surface area (Å²) in [5.74, 6) is -0.0853. The number of anilines is 1. The lowest BCUT2D eigenvalue weighted by atomic mass is 10.0. The van der Waals surface area contributed by atoms with E-state index in [-0.39, 0.29) is 23.5 Å². The first kappa shape index (κ1) is 13.8. The molecule has 0 aromatic heterocycles. The number of piperidine rings is 1. The number of likely N-dealkylation sites (tertiary alicyclic amines) is 1. The van der Waals surface area contributed by atoms with Crippen molar-refractivity contribution >= 4 is 11.7 Å². The number of benzene rings is 1. The Labute approximate surface area is 113 Å². The van der Waals surface area contributed by atoms with Gasteiger partial charge in [-0.05, 0) is 42.9 Å². The van der Waals surface area contributed by atoms with Gasteiger partial charge in [-0.1, -0.05) is 19.9 Å². The second-order valence-electron chi connectivity index (χ2n) is 5.37. The quantitative estimate of drug-likeness (QED) is 0.861. The lowest BCUT2D eigenvalue weighted by Gasteiger charge is -2.26. The SMILES string of the molecule is CC(C)c1ccc(NC(=O)N2CCCCC2)c(F)c1. The molecule has 1 N–H and O–H groups in total. The van der Waals surface area contributed by atoms with E-state index in [0.717, 1.165) is 31.5 Å². The molecule has 0 saturated carbocycles. The number of halogens is 1. The number of nitrogens with one attached hydrogen (secondary N) is 1. The molecule has 1 fully saturated rings. The molecule has 3 nitrogen and oxygen atoms in total. The van der Waals surface area contributed by atoms with Crippen LogP contribution in [0, 0.1) is 5.82 Å². The van der Waals surface area contributed by atoms with Crippen LogP contribution in [0.15, 0.2) is 18.2 Å². The van der Waals surface area contributed by atoms with Crippen LogP contribution in [0.5, 0.6) is 0 Å². The topological polar surface area (TPSA) is 32.3 Å². The average Bonchev–Trinajstić information content (AvgIpc) is 2.41. The summed E-state index contributed by atoms with van der Waals surface area (Å²) in [5, 5.41) is 2.66. The van der Waals surface area contributed by atoms with Crippen LogP contribution in [0.3, 0.4) is 0 Å². The maximum atomic E-state index is 13.9. The second kappa shape index (κ2) is 6.04. The Bertz CT molecular complexity index is 453. The summed E-state index contributed by atoms with van der Waals surface area (Å²) in [6.07, 6.45) is 3.23. The van der Waals surface area contributed by atoms with Crippen LogP contribution in [0.2, 0.25) is 0 Å². The van der Waals surface area contributed by atoms with E-state index in [2.05, 4.69) is 5.32 Å². The molecule has 1 aromatic rings. The van der Waals surface area contributed by atoms with Crippen LogP contribution in [0.4, 0.5) is 14.9 Å². The van der Waals surface area contributed by atoms with Gasteiger partial charge in [0, 0.05) is 13.1 Å². The molecular formula is C15H21FN2O. The van der Waals surface area contributed by atoms with Crippen molar-refractivity contribution < 1.29 is 9.18 Å². The highest BCUT2D eigenvalue weighted by molar-refractivity contribution is 5.89. The molecule has 1 aromatic carbocycles. The summed E-state index contributed by atoms with van der Waals surface area (Å²) in [5.41, 5.74) is 1.20. The van der Waals surface area contributed by atoms with Crippen molar-refractivity contribution in [3.63, 3.8) is 0 Å². The summed E-state index contributed by atoms with van der Waals surface area (Å²) < 4.78 is 13.9. The van der Waals surface area contributed by atoms with Gasteiger partial charge in [-0.3, -0.25) is 0 Å². The number of hydrogen-bond donors (Lipinski definition) is 1.